The molecule has 0 fully saturated rings. The molecule has 1 aromatic heterocycles. The van der Waals surface area contributed by atoms with Gasteiger partial charge in [0, 0.05) is 12.1 Å². The third-order valence-corrected chi connectivity index (χ3v) is 3.20. The van der Waals surface area contributed by atoms with E-state index in [0.29, 0.717) is 24.7 Å². The third-order valence-electron chi connectivity index (χ3n) is 3.20. The predicted molar refractivity (Wildman–Crippen MR) is 75.8 cm³/mol. The van der Waals surface area contributed by atoms with Crippen molar-refractivity contribution in [2.24, 2.45) is 0 Å². The van der Waals surface area contributed by atoms with Crippen molar-refractivity contribution in [1.82, 2.24) is 4.98 Å². The van der Waals surface area contributed by atoms with Crippen LogP contribution in [0.25, 0.3) is 0 Å². The van der Waals surface area contributed by atoms with Gasteiger partial charge in [0.1, 0.15) is 18.1 Å². The molecule has 0 saturated heterocycles. The van der Waals surface area contributed by atoms with E-state index in [1.807, 2.05) is 11.0 Å². The van der Waals surface area contributed by atoms with Crippen molar-refractivity contribution < 1.29 is 14.6 Å². The number of nitrogen functional groups attached to an aromatic ring is 1. The first kappa shape index (κ1) is 12.4. The second-order valence-electron chi connectivity index (χ2n) is 4.43. The number of phenols is 1. The van der Waals surface area contributed by atoms with Crippen LogP contribution in [0.4, 0.5) is 17.2 Å². The lowest BCUT2D eigenvalue weighted by Crippen LogP contribution is -2.28. The largest absolute Gasteiger partial charge is 0.508 e. The van der Waals surface area contributed by atoms with E-state index in [-0.39, 0.29) is 5.75 Å². The Balaban J connectivity index is 2.06. The lowest BCUT2D eigenvalue weighted by molar-refractivity contribution is 0.313. The fourth-order valence-electron chi connectivity index (χ4n) is 2.23. The number of hydrogen-bond donors (Lipinski definition) is 2. The van der Waals surface area contributed by atoms with Crippen molar-refractivity contribution in [1.29, 1.82) is 0 Å². The summed E-state index contributed by atoms with van der Waals surface area (Å²) in [6.07, 6.45) is 1.68. The molecule has 6 nitrogen and oxygen atoms in total. The van der Waals surface area contributed by atoms with E-state index in [4.69, 9.17) is 15.2 Å². The molecule has 6 heteroatoms. The molecule has 1 aliphatic heterocycles. The van der Waals surface area contributed by atoms with Gasteiger partial charge in [-0.25, -0.2) is 4.98 Å². The summed E-state index contributed by atoms with van der Waals surface area (Å²) >= 11 is 0. The molecule has 3 rings (SSSR count). The number of pyridine rings is 1. The Hall–Kier alpha value is -2.63. The molecule has 0 radical (unpaired) electrons. The standard InChI is InChI=1S/C14H15N3O3/c1-19-13-6-9(8-16-14(13)15)17-4-5-20-12-3-2-10(18)7-11(12)17/h2-3,6-8,18H,4-5H2,1H3,(H2,15,16). The van der Waals surface area contributed by atoms with Crippen molar-refractivity contribution in [2.75, 3.05) is 30.9 Å². The first-order chi connectivity index (χ1) is 9.69. The molecule has 0 saturated carbocycles. The minimum absolute atomic E-state index is 0.189. The highest BCUT2D eigenvalue weighted by Crippen LogP contribution is 2.39. The van der Waals surface area contributed by atoms with Gasteiger partial charge in [-0.15, -0.1) is 0 Å². The lowest BCUT2D eigenvalue weighted by Gasteiger charge is -2.31. The van der Waals surface area contributed by atoms with E-state index in [2.05, 4.69) is 4.98 Å². The SMILES string of the molecule is COc1cc(N2CCOc3ccc(O)cc32)cnc1N. The first-order valence-electron chi connectivity index (χ1n) is 6.22. The van der Waals surface area contributed by atoms with Gasteiger partial charge in [-0.2, -0.15) is 0 Å². The van der Waals surface area contributed by atoms with E-state index >= 15 is 0 Å². The zero-order valence-corrected chi connectivity index (χ0v) is 11.0. The van der Waals surface area contributed by atoms with Gasteiger partial charge >= 0.3 is 0 Å². The quantitative estimate of drug-likeness (QED) is 0.870. The minimum atomic E-state index is 0.189. The maximum atomic E-state index is 9.66. The molecule has 1 aromatic carbocycles. The maximum Gasteiger partial charge on any atom is 0.166 e. The Kier molecular flexibility index (Phi) is 2.98. The number of rotatable bonds is 2. The summed E-state index contributed by atoms with van der Waals surface area (Å²) in [7, 11) is 1.55. The van der Waals surface area contributed by atoms with Gasteiger partial charge < -0.3 is 25.2 Å². The summed E-state index contributed by atoms with van der Waals surface area (Å²) in [5.41, 5.74) is 7.36. The number of fused-ring (bicyclic) bond motifs is 1. The van der Waals surface area contributed by atoms with Crippen LogP contribution in [-0.2, 0) is 0 Å². The number of benzene rings is 1. The van der Waals surface area contributed by atoms with Crippen LogP contribution in [0.1, 0.15) is 0 Å². The van der Waals surface area contributed by atoms with Crippen LogP contribution in [-0.4, -0.2) is 30.4 Å². The average molecular weight is 273 g/mol. The number of nitrogens with zero attached hydrogens (tertiary/aromatic N) is 2. The van der Waals surface area contributed by atoms with Crippen LogP contribution in [0.15, 0.2) is 30.5 Å². The summed E-state index contributed by atoms with van der Waals surface area (Å²) in [5.74, 6) is 1.79. The Morgan fingerprint density at radius 2 is 2.25 bits per heavy atom. The smallest absolute Gasteiger partial charge is 0.166 e. The van der Waals surface area contributed by atoms with Crippen molar-refractivity contribution in [2.45, 2.75) is 0 Å². The van der Waals surface area contributed by atoms with Crippen molar-refractivity contribution in [3.8, 4) is 17.2 Å². The fraction of sp³-hybridized carbons (Fsp3) is 0.214. The van der Waals surface area contributed by atoms with Crippen LogP contribution >= 0.6 is 0 Å². The number of ether oxygens (including phenoxy) is 2. The van der Waals surface area contributed by atoms with Crippen molar-refractivity contribution in [3.05, 3.63) is 30.5 Å². The van der Waals surface area contributed by atoms with E-state index < -0.39 is 0 Å². The molecule has 0 aliphatic carbocycles. The molecule has 0 bridgehead atoms. The topological polar surface area (TPSA) is 80.8 Å². The van der Waals surface area contributed by atoms with Crippen molar-refractivity contribution >= 4 is 17.2 Å². The lowest BCUT2D eigenvalue weighted by atomic mass is 10.2. The number of hydrogen-bond acceptors (Lipinski definition) is 6. The van der Waals surface area contributed by atoms with Crippen LogP contribution in [0.5, 0.6) is 17.2 Å². The number of anilines is 3. The molecule has 104 valence electrons. The maximum absolute atomic E-state index is 9.66. The molecule has 0 atom stereocenters. The molecule has 1 aliphatic rings. The summed E-state index contributed by atoms with van der Waals surface area (Å²) in [6.45, 7) is 1.22. The zero-order valence-electron chi connectivity index (χ0n) is 11.0. The number of phenolic OH excluding ortho intramolecular Hbond substituents is 1. The van der Waals surface area contributed by atoms with Gasteiger partial charge in [0.25, 0.3) is 0 Å². The Labute approximate surface area is 116 Å². The molecule has 0 spiro atoms. The van der Waals surface area contributed by atoms with E-state index in [1.54, 1.807) is 31.5 Å². The van der Waals surface area contributed by atoms with Gasteiger partial charge in [0.15, 0.2) is 11.6 Å². The highest BCUT2D eigenvalue weighted by molar-refractivity contribution is 5.73. The van der Waals surface area contributed by atoms with E-state index in [0.717, 1.165) is 17.1 Å². The average Bonchev–Trinajstić information content (AvgIpc) is 2.47. The van der Waals surface area contributed by atoms with E-state index in [1.165, 1.54) is 0 Å². The molecule has 3 N–H and O–H groups in total. The third kappa shape index (κ3) is 2.05. The highest BCUT2D eigenvalue weighted by Gasteiger charge is 2.21. The van der Waals surface area contributed by atoms with E-state index in [9.17, 15) is 5.11 Å². The summed E-state index contributed by atoms with van der Waals surface area (Å²) in [4.78, 5) is 6.14. The summed E-state index contributed by atoms with van der Waals surface area (Å²) in [5, 5.41) is 9.66. The molecule has 2 heterocycles. The Bertz CT molecular complexity index is 646. The van der Waals surface area contributed by atoms with Crippen LogP contribution in [0.3, 0.4) is 0 Å². The van der Waals surface area contributed by atoms with Gasteiger partial charge in [0.05, 0.1) is 31.2 Å². The fourth-order valence-corrected chi connectivity index (χ4v) is 2.23. The molecular weight excluding hydrogens is 258 g/mol. The normalized spacial score (nSPS) is 13.6. The van der Waals surface area contributed by atoms with Gasteiger partial charge in [-0.3, -0.25) is 0 Å². The first-order valence-corrected chi connectivity index (χ1v) is 6.22. The zero-order chi connectivity index (χ0) is 14.1. The van der Waals surface area contributed by atoms with Crippen molar-refractivity contribution in [3.63, 3.8) is 0 Å². The number of methoxy groups -OCH3 is 1. The molecule has 2 aromatic rings. The number of aromatic hydroxyl groups is 1. The number of aromatic nitrogens is 1. The highest BCUT2D eigenvalue weighted by atomic mass is 16.5. The summed E-state index contributed by atoms with van der Waals surface area (Å²) in [6, 6.07) is 6.84. The monoisotopic (exact) mass is 273 g/mol. The molecule has 20 heavy (non-hydrogen) atoms. The Morgan fingerprint density at radius 3 is 3.05 bits per heavy atom. The second kappa shape index (κ2) is 4.80. The van der Waals surface area contributed by atoms with Crippen LogP contribution < -0.4 is 20.1 Å². The second-order valence-corrected chi connectivity index (χ2v) is 4.43. The molecule has 0 amide bonds. The predicted octanol–water partition coefficient (Wildman–Crippen LogP) is 1.91. The minimum Gasteiger partial charge on any atom is -0.508 e. The number of nitrogens with two attached hydrogens (primary N) is 1. The van der Waals surface area contributed by atoms with Crippen LogP contribution in [0, 0.1) is 0 Å². The van der Waals surface area contributed by atoms with Gasteiger partial charge in [0.2, 0.25) is 0 Å². The van der Waals surface area contributed by atoms with Gasteiger partial charge in [-0.05, 0) is 12.1 Å². The Morgan fingerprint density at radius 1 is 1.40 bits per heavy atom. The van der Waals surface area contributed by atoms with Gasteiger partial charge in [-0.1, -0.05) is 0 Å². The molecular formula is C14H15N3O3. The van der Waals surface area contributed by atoms with Crippen LogP contribution in [0.2, 0.25) is 0 Å². The summed E-state index contributed by atoms with van der Waals surface area (Å²) < 4.78 is 10.8. The molecule has 0 unspecified atom stereocenters.